The van der Waals surface area contributed by atoms with Crippen LogP contribution in [0.3, 0.4) is 0 Å². The summed E-state index contributed by atoms with van der Waals surface area (Å²) in [6.07, 6.45) is 18.8. The zero-order chi connectivity index (χ0) is 11.2. The van der Waals surface area contributed by atoms with Crippen LogP contribution in [0.5, 0.6) is 0 Å². The van der Waals surface area contributed by atoms with Gasteiger partial charge in [0.15, 0.2) is 0 Å². The highest BCUT2D eigenvalue weighted by molar-refractivity contribution is 5.48. The predicted octanol–water partition coefficient (Wildman–Crippen LogP) is 4.44. The monoisotopic (exact) mass is 208 g/mol. The Morgan fingerprint density at radius 3 is 2.07 bits per heavy atom. The number of unbranched alkanes of at least 4 members (excludes halogenated alkanes) is 6. The predicted molar refractivity (Wildman–Crippen MR) is 67.0 cm³/mol. The van der Waals surface area contributed by atoms with E-state index in [1.807, 2.05) is 0 Å². The van der Waals surface area contributed by atoms with Crippen LogP contribution in [0.25, 0.3) is 0 Å². The van der Waals surface area contributed by atoms with E-state index in [0.29, 0.717) is 0 Å². The van der Waals surface area contributed by atoms with Crippen LogP contribution in [0.4, 0.5) is 0 Å². The van der Waals surface area contributed by atoms with Gasteiger partial charge in [-0.1, -0.05) is 50.5 Å². The maximum Gasteiger partial charge on any atom is 0.119 e. The fourth-order valence-corrected chi connectivity index (χ4v) is 1.41. The molecule has 0 saturated heterocycles. The Bertz CT molecular complexity index is 180. The van der Waals surface area contributed by atoms with Crippen LogP contribution in [0, 0.1) is 0 Å². The van der Waals surface area contributed by atoms with E-state index in [1.165, 1.54) is 32.1 Å². The molecule has 86 valence electrons. The van der Waals surface area contributed by atoms with Crippen LogP contribution in [0.1, 0.15) is 58.3 Å². The molecular formula is C14H24O. The molecule has 15 heavy (non-hydrogen) atoms. The van der Waals surface area contributed by atoms with Crippen molar-refractivity contribution in [3.63, 3.8) is 0 Å². The van der Waals surface area contributed by atoms with Crippen molar-refractivity contribution in [1.29, 1.82) is 0 Å². The van der Waals surface area contributed by atoms with Crippen molar-refractivity contribution in [3.8, 4) is 0 Å². The second-order valence-electron chi connectivity index (χ2n) is 3.78. The van der Waals surface area contributed by atoms with Gasteiger partial charge in [-0.15, -0.1) is 0 Å². The van der Waals surface area contributed by atoms with Crippen molar-refractivity contribution in [1.82, 2.24) is 0 Å². The molecule has 1 nitrogen and oxygen atoms in total. The summed E-state index contributed by atoms with van der Waals surface area (Å²) in [5.41, 5.74) is 0. The van der Waals surface area contributed by atoms with E-state index in [2.05, 4.69) is 31.2 Å². The lowest BCUT2D eigenvalue weighted by Crippen LogP contribution is -1.79. The third-order valence-corrected chi connectivity index (χ3v) is 2.31. The first kappa shape index (κ1) is 14.2. The van der Waals surface area contributed by atoms with Gasteiger partial charge in [-0.3, -0.25) is 0 Å². The quantitative estimate of drug-likeness (QED) is 0.295. The molecule has 0 aromatic rings. The summed E-state index contributed by atoms with van der Waals surface area (Å²) in [7, 11) is 0. The highest BCUT2D eigenvalue weighted by Crippen LogP contribution is 2.06. The molecule has 0 aromatic carbocycles. The molecule has 0 heterocycles. The van der Waals surface area contributed by atoms with Crippen molar-refractivity contribution in [2.75, 3.05) is 0 Å². The van der Waals surface area contributed by atoms with E-state index in [-0.39, 0.29) is 0 Å². The molecule has 0 saturated carbocycles. The van der Waals surface area contributed by atoms with Gasteiger partial charge < -0.3 is 4.79 Å². The van der Waals surface area contributed by atoms with E-state index < -0.39 is 0 Å². The molecule has 0 amide bonds. The van der Waals surface area contributed by atoms with Gasteiger partial charge >= 0.3 is 0 Å². The van der Waals surface area contributed by atoms with Gasteiger partial charge in [0, 0.05) is 6.42 Å². The Kier molecular flexibility index (Phi) is 12.4. The average molecular weight is 208 g/mol. The summed E-state index contributed by atoms with van der Waals surface area (Å²) in [4.78, 5) is 10.0. The standard InChI is InChI=1S/C14H24O/c1-2-3-4-5-6-7-8-9-10-11-12-13-14-15/h3-6,14H,2,7-13H2,1H3/b4-3+,6-5-. The number of aldehydes is 1. The Balaban J connectivity index is 3.07. The lowest BCUT2D eigenvalue weighted by molar-refractivity contribution is -0.107. The van der Waals surface area contributed by atoms with Crippen molar-refractivity contribution in [2.24, 2.45) is 0 Å². The Morgan fingerprint density at radius 2 is 1.40 bits per heavy atom. The third kappa shape index (κ3) is 13.2. The fraction of sp³-hybridized carbons (Fsp3) is 0.643. The van der Waals surface area contributed by atoms with Crippen molar-refractivity contribution in [3.05, 3.63) is 24.3 Å². The minimum absolute atomic E-state index is 0.738. The lowest BCUT2D eigenvalue weighted by atomic mass is 10.1. The van der Waals surface area contributed by atoms with Crippen LogP contribution in [-0.2, 0) is 4.79 Å². The zero-order valence-corrected chi connectivity index (χ0v) is 9.95. The summed E-state index contributed by atoms with van der Waals surface area (Å²) in [6, 6.07) is 0. The highest BCUT2D eigenvalue weighted by Gasteiger charge is 1.88. The molecule has 0 fully saturated rings. The van der Waals surface area contributed by atoms with E-state index in [9.17, 15) is 4.79 Å². The largest absolute Gasteiger partial charge is 0.303 e. The molecular weight excluding hydrogens is 184 g/mol. The molecule has 0 aliphatic heterocycles. The molecule has 0 atom stereocenters. The Hall–Kier alpha value is -0.850. The van der Waals surface area contributed by atoms with Crippen molar-refractivity contribution >= 4 is 6.29 Å². The third-order valence-electron chi connectivity index (χ3n) is 2.31. The van der Waals surface area contributed by atoms with E-state index >= 15 is 0 Å². The molecule has 0 aliphatic rings. The van der Waals surface area contributed by atoms with Crippen LogP contribution >= 0.6 is 0 Å². The van der Waals surface area contributed by atoms with E-state index in [4.69, 9.17) is 0 Å². The van der Waals surface area contributed by atoms with Gasteiger partial charge in [-0.05, 0) is 25.7 Å². The Morgan fingerprint density at radius 1 is 0.800 bits per heavy atom. The van der Waals surface area contributed by atoms with Crippen LogP contribution in [-0.4, -0.2) is 6.29 Å². The zero-order valence-electron chi connectivity index (χ0n) is 9.95. The first-order valence-corrected chi connectivity index (χ1v) is 6.17. The molecule has 0 rings (SSSR count). The van der Waals surface area contributed by atoms with E-state index in [0.717, 1.165) is 25.5 Å². The highest BCUT2D eigenvalue weighted by atomic mass is 16.1. The summed E-state index contributed by atoms with van der Waals surface area (Å²) in [5, 5.41) is 0. The molecule has 0 aromatic heterocycles. The first-order valence-electron chi connectivity index (χ1n) is 6.17. The van der Waals surface area contributed by atoms with Crippen molar-refractivity contribution < 1.29 is 4.79 Å². The van der Waals surface area contributed by atoms with Gasteiger partial charge in [0.1, 0.15) is 6.29 Å². The summed E-state index contributed by atoms with van der Waals surface area (Å²) in [5.74, 6) is 0. The average Bonchev–Trinajstić information content (AvgIpc) is 2.26. The molecule has 0 spiro atoms. The molecule has 0 aliphatic carbocycles. The van der Waals surface area contributed by atoms with Crippen LogP contribution in [0.2, 0.25) is 0 Å². The first-order chi connectivity index (χ1) is 7.41. The number of hydrogen-bond donors (Lipinski definition) is 0. The number of rotatable bonds is 10. The number of carbonyl (C=O) groups excluding carboxylic acids is 1. The summed E-state index contributed by atoms with van der Waals surface area (Å²) >= 11 is 0. The summed E-state index contributed by atoms with van der Waals surface area (Å²) < 4.78 is 0. The van der Waals surface area contributed by atoms with Gasteiger partial charge in [-0.25, -0.2) is 0 Å². The Labute approximate surface area is 94.3 Å². The smallest absolute Gasteiger partial charge is 0.119 e. The SMILES string of the molecule is CC/C=C/C=C\CCCCCCCC=O. The van der Waals surface area contributed by atoms with Gasteiger partial charge in [0.25, 0.3) is 0 Å². The number of carbonyl (C=O) groups is 1. The van der Waals surface area contributed by atoms with Gasteiger partial charge in [0.2, 0.25) is 0 Å². The van der Waals surface area contributed by atoms with Gasteiger partial charge in [-0.2, -0.15) is 0 Å². The fourth-order valence-electron chi connectivity index (χ4n) is 1.41. The van der Waals surface area contributed by atoms with E-state index in [1.54, 1.807) is 0 Å². The van der Waals surface area contributed by atoms with Crippen LogP contribution in [0.15, 0.2) is 24.3 Å². The topological polar surface area (TPSA) is 17.1 Å². The maximum atomic E-state index is 10.0. The molecule has 1 heteroatoms. The lowest BCUT2D eigenvalue weighted by Gasteiger charge is -1.96. The van der Waals surface area contributed by atoms with Crippen LogP contribution < -0.4 is 0 Å². The second-order valence-corrected chi connectivity index (χ2v) is 3.78. The molecule has 0 bridgehead atoms. The number of allylic oxidation sites excluding steroid dienone is 4. The minimum atomic E-state index is 0.738. The normalized spacial score (nSPS) is 11.5. The molecule has 0 N–H and O–H groups in total. The summed E-state index contributed by atoms with van der Waals surface area (Å²) in [6.45, 7) is 2.14. The van der Waals surface area contributed by atoms with Gasteiger partial charge in [0.05, 0.1) is 0 Å². The second kappa shape index (κ2) is 13.2. The maximum absolute atomic E-state index is 10.0. The molecule has 0 radical (unpaired) electrons. The minimum Gasteiger partial charge on any atom is -0.303 e. The number of hydrogen-bond acceptors (Lipinski definition) is 1. The van der Waals surface area contributed by atoms with Crippen molar-refractivity contribution in [2.45, 2.75) is 58.3 Å². The molecule has 0 unspecified atom stereocenters.